The number of Topliss-reactive ketones (excluding diaryl/α,β-unsaturated/α-hetero) is 1. The van der Waals surface area contributed by atoms with Crippen LogP contribution in [0.4, 0.5) is 5.69 Å². The Balaban J connectivity index is 2.03. The Morgan fingerprint density at radius 3 is 2.53 bits per heavy atom. The van der Waals surface area contributed by atoms with Gasteiger partial charge >= 0.3 is 0 Å². The van der Waals surface area contributed by atoms with Gasteiger partial charge in [-0.1, -0.05) is 6.07 Å². The number of benzene rings is 1. The van der Waals surface area contributed by atoms with Crippen LogP contribution in [0.25, 0.3) is 5.76 Å². The summed E-state index contributed by atoms with van der Waals surface area (Å²) in [5.41, 5.74) is 0.382. The molecule has 1 saturated heterocycles. The number of non-ortho nitro benzene ring substituents is 1. The number of nitro groups is 1. The highest BCUT2D eigenvalue weighted by atomic mass is 16.6. The Labute approximate surface area is 171 Å². The van der Waals surface area contributed by atoms with Crippen LogP contribution in [0.15, 0.2) is 54.4 Å². The fourth-order valence-electron chi connectivity index (χ4n) is 3.22. The monoisotopic (exact) mass is 413 g/mol. The third kappa shape index (κ3) is 4.19. The van der Waals surface area contributed by atoms with Crippen LogP contribution in [0.1, 0.15) is 17.2 Å². The topological polar surface area (TPSA) is 143 Å². The molecule has 2 N–H and O–H groups in total. The summed E-state index contributed by atoms with van der Waals surface area (Å²) in [5.74, 6) is -2.11. The number of aromatic nitrogens is 1. The molecule has 0 spiro atoms. The standard InChI is InChI=1S/C20H19N3O7/c24-9-11-30-10-8-22-17(14-2-1-7-21-12-14)16(19(26)20(22)27)18(25)13-3-5-15(6-4-13)23(28)29/h1-7,12,17,24-25H,8-11H2/b18-16-. The lowest BCUT2D eigenvalue weighted by Crippen LogP contribution is -2.33. The van der Waals surface area contributed by atoms with Crippen LogP contribution in [-0.4, -0.2) is 63.1 Å². The van der Waals surface area contributed by atoms with Crippen molar-refractivity contribution in [2.45, 2.75) is 6.04 Å². The first-order valence-corrected chi connectivity index (χ1v) is 9.07. The highest BCUT2D eigenvalue weighted by molar-refractivity contribution is 6.46. The lowest BCUT2D eigenvalue weighted by molar-refractivity contribution is -0.384. The number of carbonyl (C=O) groups excluding carboxylic acids is 2. The fraction of sp³-hybridized carbons (Fsp3) is 0.250. The van der Waals surface area contributed by atoms with Gasteiger partial charge in [-0.05, 0) is 23.8 Å². The maximum absolute atomic E-state index is 12.8. The molecule has 1 aliphatic rings. The van der Waals surface area contributed by atoms with Crippen molar-refractivity contribution >= 4 is 23.1 Å². The van der Waals surface area contributed by atoms with Crippen molar-refractivity contribution < 1.29 is 29.5 Å². The van der Waals surface area contributed by atoms with Crippen LogP contribution in [0, 0.1) is 10.1 Å². The van der Waals surface area contributed by atoms with Gasteiger partial charge in [0.05, 0.1) is 36.4 Å². The Bertz CT molecular complexity index is 974. The van der Waals surface area contributed by atoms with Crippen molar-refractivity contribution in [1.82, 2.24) is 9.88 Å². The van der Waals surface area contributed by atoms with E-state index in [-0.39, 0.29) is 43.2 Å². The van der Waals surface area contributed by atoms with E-state index in [1.54, 1.807) is 12.1 Å². The van der Waals surface area contributed by atoms with Gasteiger partial charge in [-0.2, -0.15) is 0 Å². The second-order valence-corrected chi connectivity index (χ2v) is 6.42. The molecule has 10 nitrogen and oxygen atoms in total. The summed E-state index contributed by atoms with van der Waals surface area (Å²) in [7, 11) is 0. The Morgan fingerprint density at radius 2 is 1.93 bits per heavy atom. The normalized spacial score (nSPS) is 18.0. The van der Waals surface area contributed by atoms with Crippen LogP contribution in [0.5, 0.6) is 0 Å². The molecular weight excluding hydrogens is 394 g/mol. The highest BCUT2D eigenvalue weighted by Gasteiger charge is 2.46. The Kier molecular flexibility index (Phi) is 6.50. The largest absolute Gasteiger partial charge is 0.507 e. The zero-order valence-electron chi connectivity index (χ0n) is 15.8. The average Bonchev–Trinajstić information content (AvgIpc) is 3.01. The molecule has 0 aliphatic carbocycles. The van der Waals surface area contributed by atoms with E-state index in [2.05, 4.69) is 4.98 Å². The number of carbonyl (C=O) groups is 2. The van der Waals surface area contributed by atoms with Gasteiger partial charge in [0.15, 0.2) is 0 Å². The molecule has 1 fully saturated rings. The molecule has 1 amide bonds. The molecule has 1 atom stereocenters. The number of nitrogens with zero attached hydrogens (tertiary/aromatic N) is 3. The predicted octanol–water partition coefficient (Wildman–Crippen LogP) is 1.42. The van der Waals surface area contributed by atoms with Gasteiger partial charge in [0, 0.05) is 36.6 Å². The highest BCUT2D eigenvalue weighted by Crippen LogP contribution is 2.39. The summed E-state index contributed by atoms with van der Waals surface area (Å²) in [4.78, 5) is 41.0. The van der Waals surface area contributed by atoms with Gasteiger partial charge < -0.3 is 19.8 Å². The van der Waals surface area contributed by atoms with Crippen molar-refractivity contribution in [3.05, 3.63) is 75.6 Å². The van der Waals surface area contributed by atoms with Gasteiger partial charge in [-0.25, -0.2) is 0 Å². The Hall–Kier alpha value is -3.63. The maximum atomic E-state index is 12.8. The number of rotatable bonds is 8. The summed E-state index contributed by atoms with van der Waals surface area (Å²) in [5, 5.41) is 30.5. The van der Waals surface area contributed by atoms with Crippen LogP contribution in [0.3, 0.4) is 0 Å². The molecule has 2 heterocycles. The summed E-state index contributed by atoms with van der Waals surface area (Å²) < 4.78 is 5.22. The quantitative estimate of drug-likeness (QED) is 0.165. The number of hydrogen-bond donors (Lipinski definition) is 2. The zero-order valence-corrected chi connectivity index (χ0v) is 15.8. The fourth-order valence-corrected chi connectivity index (χ4v) is 3.22. The number of amides is 1. The molecule has 3 rings (SSSR count). The number of aliphatic hydroxyl groups is 2. The summed E-state index contributed by atoms with van der Waals surface area (Å²) >= 11 is 0. The number of hydrogen-bond acceptors (Lipinski definition) is 8. The Morgan fingerprint density at radius 1 is 1.20 bits per heavy atom. The van der Waals surface area contributed by atoms with Crippen LogP contribution < -0.4 is 0 Å². The molecule has 0 saturated carbocycles. The van der Waals surface area contributed by atoms with Crippen molar-refractivity contribution in [3.8, 4) is 0 Å². The van der Waals surface area contributed by atoms with Crippen molar-refractivity contribution in [1.29, 1.82) is 0 Å². The third-order valence-electron chi connectivity index (χ3n) is 4.60. The van der Waals surface area contributed by atoms with Gasteiger partial charge in [-0.15, -0.1) is 0 Å². The van der Waals surface area contributed by atoms with E-state index >= 15 is 0 Å². The molecule has 1 aromatic carbocycles. The minimum Gasteiger partial charge on any atom is -0.507 e. The van der Waals surface area contributed by atoms with E-state index < -0.39 is 28.4 Å². The molecule has 156 valence electrons. The molecule has 30 heavy (non-hydrogen) atoms. The van der Waals surface area contributed by atoms with E-state index in [1.165, 1.54) is 41.6 Å². The van der Waals surface area contributed by atoms with Gasteiger partial charge in [0.25, 0.3) is 17.4 Å². The summed E-state index contributed by atoms with van der Waals surface area (Å²) in [6.07, 6.45) is 3.03. The lowest BCUT2D eigenvalue weighted by Gasteiger charge is -2.24. The number of aliphatic hydroxyl groups excluding tert-OH is 2. The smallest absolute Gasteiger partial charge is 0.295 e. The molecule has 0 radical (unpaired) electrons. The summed E-state index contributed by atoms with van der Waals surface area (Å²) in [6, 6.07) is 7.45. The first kappa shape index (κ1) is 21.1. The first-order chi connectivity index (χ1) is 14.5. The number of ketones is 1. The maximum Gasteiger partial charge on any atom is 0.295 e. The number of nitro benzene ring substituents is 1. The SMILES string of the molecule is O=C1C(=O)N(CCOCCO)C(c2cccnc2)/C1=C(/O)c1ccc([N+](=O)[O-])cc1. The van der Waals surface area contributed by atoms with Crippen LogP contribution in [-0.2, 0) is 14.3 Å². The van der Waals surface area contributed by atoms with Gasteiger partial charge in [-0.3, -0.25) is 24.7 Å². The third-order valence-corrected chi connectivity index (χ3v) is 4.60. The van der Waals surface area contributed by atoms with E-state index in [4.69, 9.17) is 9.84 Å². The number of likely N-dealkylation sites (tertiary alicyclic amines) is 1. The second-order valence-electron chi connectivity index (χ2n) is 6.42. The van der Waals surface area contributed by atoms with E-state index in [1.807, 2.05) is 0 Å². The zero-order chi connectivity index (χ0) is 21.7. The summed E-state index contributed by atoms with van der Waals surface area (Å²) in [6.45, 7) is 0.0539. The molecule has 1 aliphatic heterocycles. The van der Waals surface area contributed by atoms with E-state index in [9.17, 15) is 24.8 Å². The second kappa shape index (κ2) is 9.25. The van der Waals surface area contributed by atoms with Gasteiger partial charge in [0.1, 0.15) is 5.76 Å². The molecule has 2 aromatic rings. The average molecular weight is 413 g/mol. The van der Waals surface area contributed by atoms with E-state index in [0.717, 1.165) is 0 Å². The number of ether oxygens (including phenoxy) is 1. The molecular formula is C20H19N3O7. The minimum absolute atomic E-state index is 0.0567. The van der Waals surface area contributed by atoms with Crippen molar-refractivity contribution in [2.75, 3.05) is 26.4 Å². The first-order valence-electron chi connectivity index (χ1n) is 9.07. The predicted molar refractivity (Wildman–Crippen MR) is 104 cm³/mol. The van der Waals surface area contributed by atoms with Crippen molar-refractivity contribution in [2.24, 2.45) is 0 Å². The van der Waals surface area contributed by atoms with E-state index in [0.29, 0.717) is 5.56 Å². The van der Waals surface area contributed by atoms with Gasteiger partial charge in [0.2, 0.25) is 0 Å². The van der Waals surface area contributed by atoms with Crippen LogP contribution >= 0.6 is 0 Å². The minimum atomic E-state index is -0.897. The lowest BCUT2D eigenvalue weighted by atomic mass is 9.96. The molecule has 0 bridgehead atoms. The van der Waals surface area contributed by atoms with Crippen molar-refractivity contribution in [3.63, 3.8) is 0 Å². The van der Waals surface area contributed by atoms with Crippen LogP contribution in [0.2, 0.25) is 0 Å². The molecule has 1 aromatic heterocycles. The molecule has 1 unspecified atom stereocenters. The molecule has 10 heteroatoms. The number of pyridine rings is 1.